The Bertz CT molecular complexity index is 894. The summed E-state index contributed by atoms with van der Waals surface area (Å²) in [5.41, 5.74) is 4.88. The number of hydrogen-bond acceptors (Lipinski definition) is 3. The van der Waals surface area contributed by atoms with Gasteiger partial charge in [0.15, 0.2) is 5.65 Å². The molecule has 0 spiro atoms. The van der Waals surface area contributed by atoms with Crippen molar-refractivity contribution in [2.24, 2.45) is 0 Å². The van der Waals surface area contributed by atoms with E-state index in [0.29, 0.717) is 0 Å². The minimum Gasteiger partial charge on any atom is -0.356 e. The third-order valence-electron chi connectivity index (χ3n) is 4.70. The number of halogens is 1. The van der Waals surface area contributed by atoms with Crippen molar-refractivity contribution in [3.8, 4) is 11.1 Å². The smallest absolute Gasteiger partial charge is 0.165 e. The molecular weight excluding hydrogens is 320 g/mol. The highest BCUT2D eigenvalue weighted by molar-refractivity contribution is 6.33. The Labute approximate surface area is 147 Å². The zero-order valence-corrected chi connectivity index (χ0v) is 14.8. The van der Waals surface area contributed by atoms with Gasteiger partial charge in [-0.1, -0.05) is 29.8 Å². The van der Waals surface area contributed by atoms with Crippen molar-refractivity contribution in [2.45, 2.75) is 33.1 Å². The maximum atomic E-state index is 6.44. The maximum absolute atomic E-state index is 6.44. The Morgan fingerprint density at radius 2 is 1.79 bits per heavy atom. The average Bonchev–Trinajstić information content (AvgIpc) is 2.91. The summed E-state index contributed by atoms with van der Waals surface area (Å²) in [7, 11) is 0. The Kier molecular flexibility index (Phi) is 3.93. The van der Waals surface area contributed by atoms with E-state index in [4.69, 9.17) is 21.7 Å². The van der Waals surface area contributed by atoms with Gasteiger partial charge < -0.3 is 4.90 Å². The van der Waals surface area contributed by atoms with Crippen LogP contribution in [0.25, 0.3) is 16.8 Å². The summed E-state index contributed by atoms with van der Waals surface area (Å²) >= 11 is 6.44. The van der Waals surface area contributed by atoms with E-state index in [0.717, 1.165) is 52.1 Å². The van der Waals surface area contributed by atoms with E-state index in [-0.39, 0.29) is 0 Å². The van der Waals surface area contributed by atoms with Gasteiger partial charge in [0, 0.05) is 35.4 Å². The highest BCUT2D eigenvalue weighted by Crippen LogP contribution is 2.34. The van der Waals surface area contributed by atoms with Gasteiger partial charge in [-0.05, 0) is 39.2 Å². The molecule has 2 aromatic heterocycles. The molecule has 0 radical (unpaired) electrons. The molecule has 24 heavy (non-hydrogen) atoms. The first-order valence-electron chi connectivity index (χ1n) is 8.52. The second-order valence-electron chi connectivity index (χ2n) is 6.48. The lowest BCUT2D eigenvalue weighted by molar-refractivity contribution is 0.568. The number of fused-ring (bicyclic) bond motifs is 1. The van der Waals surface area contributed by atoms with E-state index < -0.39 is 0 Å². The van der Waals surface area contributed by atoms with E-state index in [9.17, 15) is 0 Å². The molecule has 1 aliphatic heterocycles. The van der Waals surface area contributed by atoms with Crippen molar-refractivity contribution in [1.29, 1.82) is 0 Å². The van der Waals surface area contributed by atoms with Gasteiger partial charge >= 0.3 is 0 Å². The molecule has 1 fully saturated rings. The molecule has 0 unspecified atom stereocenters. The molecule has 0 bridgehead atoms. The van der Waals surface area contributed by atoms with E-state index in [1.54, 1.807) is 0 Å². The summed E-state index contributed by atoms with van der Waals surface area (Å²) in [5.74, 6) is 1.14. The molecule has 3 heterocycles. The van der Waals surface area contributed by atoms with E-state index in [1.165, 1.54) is 19.3 Å². The highest BCUT2D eigenvalue weighted by Gasteiger charge is 2.21. The van der Waals surface area contributed by atoms with Crippen LogP contribution in [0.4, 0.5) is 5.82 Å². The van der Waals surface area contributed by atoms with Gasteiger partial charge in [-0.15, -0.1) is 0 Å². The molecule has 4 nitrogen and oxygen atoms in total. The minimum atomic E-state index is 0.735. The van der Waals surface area contributed by atoms with E-state index >= 15 is 0 Å². The van der Waals surface area contributed by atoms with Crippen LogP contribution in [0.2, 0.25) is 5.02 Å². The van der Waals surface area contributed by atoms with Crippen LogP contribution in [0.5, 0.6) is 0 Å². The summed E-state index contributed by atoms with van der Waals surface area (Å²) in [4.78, 5) is 7.21. The van der Waals surface area contributed by atoms with Crippen LogP contribution in [0.15, 0.2) is 30.3 Å². The van der Waals surface area contributed by atoms with Crippen LogP contribution < -0.4 is 4.90 Å². The number of piperidine rings is 1. The van der Waals surface area contributed by atoms with Gasteiger partial charge in [-0.2, -0.15) is 9.61 Å². The van der Waals surface area contributed by atoms with Crippen molar-refractivity contribution >= 4 is 23.1 Å². The fraction of sp³-hybridized carbons (Fsp3) is 0.368. The van der Waals surface area contributed by atoms with Crippen molar-refractivity contribution in [3.05, 3.63) is 46.7 Å². The molecule has 3 aromatic rings. The summed E-state index contributed by atoms with van der Waals surface area (Å²) in [6.45, 7) is 6.24. The Hall–Kier alpha value is -2.07. The first kappa shape index (κ1) is 15.5. The molecular formula is C19H21ClN4. The lowest BCUT2D eigenvalue weighted by Gasteiger charge is -2.29. The van der Waals surface area contributed by atoms with Crippen LogP contribution in [-0.4, -0.2) is 27.7 Å². The fourth-order valence-corrected chi connectivity index (χ4v) is 3.78. The predicted octanol–water partition coefficient (Wildman–Crippen LogP) is 4.66. The van der Waals surface area contributed by atoms with E-state index in [2.05, 4.69) is 11.0 Å². The fourth-order valence-electron chi connectivity index (χ4n) is 3.55. The molecule has 124 valence electrons. The number of aryl methyl sites for hydroxylation is 2. The topological polar surface area (TPSA) is 33.4 Å². The van der Waals surface area contributed by atoms with E-state index in [1.807, 2.05) is 42.6 Å². The molecule has 0 saturated carbocycles. The number of nitrogens with zero attached hydrogens (tertiary/aromatic N) is 4. The molecule has 0 N–H and O–H groups in total. The maximum Gasteiger partial charge on any atom is 0.165 e. The van der Waals surface area contributed by atoms with Gasteiger partial charge in [0.05, 0.1) is 11.3 Å². The van der Waals surface area contributed by atoms with Crippen LogP contribution in [-0.2, 0) is 0 Å². The molecule has 4 rings (SSSR count). The van der Waals surface area contributed by atoms with Crippen LogP contribution in [0.3, 0.4) is 0 Å². The quantitative estimate of drug-likeness (QED) is 0.680. The lowest BCUT2D eigenvalue weighted by atomic mass is 10.1. The summed E-state index contributed by atoms with van der Waals surface area (Å²) in [5, 5.41) is 5.54. The van der Waals surface area contributed by atoms with Crippen molar-refractivity contribution in [2.75, 3.05) is 18.0 Å². The standard InChI is InChI=1S/C19H21ClN4/c1-13-12-17(23-10-6-3-7-11-23)24-19(21-13)18(14(2)22-24)15-8-4-5-9-16(15)20/h4-5,8-9,12H,3,6-7,10-11H2,1-2H3. The third-order valence-corrected chi connectivity index (χ3v) is 5.03. The van der Waals surface area contributed by atoms with Gasteiger partial charge in [0.1, 0.15) is 5.82 Å². The molecule has 5 heteroatoms. The Balaban J connectivity index is 1.95. The highest BCUT2D eigenvalue weighted by atomic mass is 35.5. The monoisotopic (exact) mass is 340 g/mol. The summed E-state index contributed by atoms with van der Waals surface area (Å²) in [6, 6.07) is 10.1. The normalized spacial score (nSPS) is 15.2. The zero-order chi connectivity index (χ0) is 16.7. The van der Waals surface area contributed by atoms with Crippen molar-refractivity contribution in [1.82, 2.24) is 14.6 Å². The van der Waals surface area contributed by atoms with Gasteiger partial charge in [-0.3, -0.25) is 0 Å². The van der Waals surface area contributed by atoms with Gasteiger partial charge in [0.2, 0.25) is 0 Å². The second-order valence-corrected chi connectivity index (χ2v) is 6.89. The number of rotatable bonds is 2. The zero-order valence-electron chi connectivity index (χ0n) is 14.1. The molecule has 0 atom stereocenters. The van der Waals surface area contributed by atoms with Crippen molar-refractivity contribution < 1.29 is 0 Å². The van der Waals surface area contributed by atoms with Crippen LogP contribution >= 0.6 is 11.6 Å². The van der Waals surface area contributed by atoms with Crippen LogP contribution in [0, 0.1) is 13.8 Å². The molecule has 0 amide bonds. The molecule has 1 aromatic carbocycles. The largest absolute Gasteiger partial charge is 0.356 e. The first-order valence-corrected chi connectivity index (χ1v) is 8.90. The van der Waals surface area contributed by atoms with Gasteiger partial charge in [0.25, 0.3) is 0 Å². The Morgan fingerprint density at radius 3 is 2.54 bits per heavy atom. The van der Waals surface area contributed by atoms with Gasteiger partial charge in [-0.25, -0.2) is 4.98 Å². The number of anilines is 1. The second kappa shape index (κ2) is 6.10. The minimum absolute atomic E-state index is 0.735. The predicted molar refractivity (Wildman–Crippen MR) is 99.0 cm³/mol. The number of benzene rings is 1. The first-order chi connectivity index (χ1) is 11.6. The molecule has 1 aliphatic rings. The summed E-state index contributed by atoms with van der Waals surface area (Å²) < 4.78 is 1.99. The average molecular weight is 341 g/mol. The van der Waals surface area contributed by atoms with Crippen LogP contribution in [0.1, 0.15) is 30.7 Å². The number of aromatic nitrogens is 3. The molecule has 0 aliphatic carbocycles. The lowest BCUT2D eigenvalue weighted by Crippen LogP contribution is -2.31. The molecule has 1 saturated heterocycles. The third kappa shape index (κ3) is 2.55. The SMILES string of the molecule is Cc1cc(N2CCCCC2)n2nc(C)c(-c3ccccc3Cl)c2n1. The Morgan fingerprint density at radius 1 is 1.04 bits per heavy atom. The van der Waals surface area contributed by atoms with Crippen molar-refractivity contribution in [3.63, 3.8) is 0 Å². The number of hydrogen-bond donors (Lipinski definition) is 0. The summed E-state index contributed by atoms with van der Waals surface area (Å²) in [6.07, 6.45) is 3.79.